The van der Waals surface area contributed by atoms with Crippen molar-refractivity contribution < 1.29 is 0 Å². The molecular formula is C14H29BP. The van der Waals surface area contributed by atoms with Gasteiger partial charge in [-0.2, -0.15) is 0 Å². The Morgan fingerprint density at radius 2 is 1.25 bits per heavy atom. The molecule has 16 heavy (non-hydrogen) atoms. The Labute approximate surface area is 107 Å². The Kier molecular flexibility index (Phi) is 17.7. The van der Waals surface area contributed by atoms with E-state index in [1.165, 1.54) is 63.7 Å². The molecule has 0 unspecified atom stereocenters. The molecule has 0 rings (SSSR count). The van der Waals surface area contributed by atoms with Crippen LogP contribution in [0.25, 0.3) is 0 Å². The lowest BCUT2D eigenvalue weighted by Gasteiger charge is -2.12. The van der Waals surface area contributed by atoms with E-state index in [0.29, 0.717) is 0 Å². The van der Waals surface area contributed by atoms with Gasteiger partial charge in [-0.05, 0) is 25.2 Å². The number of rotatable bonds is 11. The van der Waals surface area contributed by atoms with Crippen LogP contribution < -0.4 is 0 Å². The fourth-order valence-electron chi connectivity index (χ4n) is 1.78. The molecular weight excluding hydrogens is 210 g/mol. The minimum Gasteiger partial charge on any atom is -0.0986 e. The van der Waals surface area contributed by atoms with Crippen molar-refractivity contribution in [2.45, 2.75) is 65.2 Å². The van der Waals surface area contributed by atoms with Crippen LogP contribution in [-0.2, 0) is 0 Å². The van der Waals surface area contributed by atoms with Crippen LogP contribution >= 0.6 is 7.92 Å². The third-order valence-electron chi connectivity index (χ3n) is 2.86. The van der Waals surface area contributed by atoms with Gasteiger partial charge in [-0.25, -0.2) is 0 Å². The second-order valence-corrected chi connectivity index (χ2v) is 6.78. The van der Waals surface area contributed by atoms with Crippen molar-refractivity contribution >= 4 is 16.3 Å². The fourth-order valence-corrected chi connectivity index (χ4v) is 3.63. The quantitative estimate of drug-likeness (QED) is 0.257. The van der Waals surface area contributed by atoms with Crippen LogP contribution in [0.3, 0.4) is 0 Å². The van der Waals surface area contributed by atoms with Crippen molar-refractivity contribution in [3.8, 4) is 0 Å². The van der Waals surface area contributed by atoms with Crippen molar-refractivity contribution in [3.63, 3.8) is 0 Å². The van der Waals surface area contributed by atoms with E-state index in [9.17, 15) is 0 Å². The molecule has 0 aromatic carbocycles. The summed E-state index contributed by atoms with van der Waals surface area (Å²) in [6.45, 7) is 8.55. The number of hydrogen-bond acceptors (Lipinski definition) is 0. The molecule has 0 amide bonds. The largest absolute Gasteiger partial charge is 0.0986 e. The maximum atomic E-state index is 3.99. The molecule has 0 spiro atoms. The first-order valence-corrected chi connectivity index (χ1v) is 8.49. The van der Waals surface area contributed by atoms with E-state index in [1.54, 1.807) is 0 Å². The smallest absolute Gasteiger partial charge is 0 e. The van der Waals surface area contributed by atoms with E-state index in [0.717, 1.165) is 0 Å². The molecule has 0 aromatic heterocycles. The van der Waals surface area contributed by atoms with Crippen LogP contribution in [0.5, 0.6) is 0 Å². The van der Waals surface area contributed by atoms with Gasteiger partial charge in [0.15, 0.2) is 0 Å². The minimum atomic E-state index is 0. The molecule has 93 valence electrons. The normalized spacial score (nSPS) is 10.2. The monoisotopic (exact) mass is 239 g/mol. The molecule has 0 aliphatic heterocycles. The Balaban J connectivity index is 0. The summed E-state index contributed by atoms with van der Waals surface area (Å²) in [5.74, 6) is 2.24. The summed E-state index contributed by atoms with van der Waals surface area (Å²) in [4.78, 5) is 0. The zero-order chi connectivity index (χ0) is 11.4. The highest BCUT2D eigenvalue weighted by Crippen LogP contribution is 2.38. The predicted molar refractivity (Wildman–Crippen MR) is 80.9 cm³/mol. The summed E-state index contributed by atoms with van der Waals surface area (Å²) in [5.41, 5.74) is 0. The third-order valence-corrected chi connectivity index (χ3v) is 5.15. The molecule has 0 bridgehead atoms. The average Bonchev–Trinajstić information content (AvgIpc) is 2.27. The lowest BCUT2D eigenvalue weighted by atomic mass is 10.2. The molecule has 0 saturated carbocycles. The van der Waals surface area contributed by atoms with Gasteiger partial charge in [0.2, 0.25) is 0 Å². The molecule has 0 atom stereocenters. The predicted octanol–water partition coefficient (Wildman–Crippen LogP) is 5.39. The first-order valence-electron chi connectivity index (χ1n) is 6.71. The van der Waals surface area contributed by atoms with Gasteiger partial charge in [-0.3, -0.25) is 0 Å². The Hall–Kier alpha value is 0.235. The zero-order valence-corrected chi connectivity index (χ0v) is 12.3. The summed E-state index contributed by atoms with van der Waals surface area (Å²) in [6, 6.07) is 0. The van der Waals surface area contributed by atoms with Crippen LogP contribution in [0, 0.1) is 0 Å². The number of unbranched alkanes of at least 4 members (excludes halogenated alkanes) is 6. The van der Waals surface area contributed by atoms with Crippen LogP contribution in [0.4, 0.5) is 0 Å². The molecule has 3 radical (unpaired) electrons. The van der Waals surface area contributed by atoms with E-state index in [1.807, 2.05) is 0 Å². The van der Waals surface area contributed by atoms with E-state index in [2.05, 4.69) is 26.2 Å². The van der Waals surface area contributed by atoms with Crippen LogP contribution in [0.15, 0.2) is 12.4 Å². The first kappa shape index (κ1) is 18.6. The topological polar surface area (TPSA) is 0 Å². The molecule has 0 fully saturated rings. The van der Waals surface area contributed by atoms with Gasteiger partial charge < -0.3 is 0 Å². The van der Waals surface area contributed by atoms with Crippen molar-refractivity contribution in [3.05, 3.63) is 12.4 Å². The fraction of sp³-hybridized carbons (Fsp3) is 0.857. The van der Waals surface area contributed by atoms with Gasteiger partial charge in [-0.15, -0.1) is 0 Å². The highest BCUT2D eigenvalue weighted by molar-refractivity contribution is 7.60. The van der Waals surface area contributed by atoms with E-state index in [4.69, 9.17) is 0 Å². The molecule has 0 nitrogen and oxygen atoms in total. The third kappa shape index (κ3) is 12.3. The first-order chi connectivity index (χ1) is 7.35. The van der Waals surface area contributed by atoms with Crippen molar-refractivity contribution in [2.24, 2.45) is 0 Å². The molecule has 0 aliphatic carbocycles. The van der Waals surface area contributed by atoms with E-state index < -0.39 is 0 Å². The summed E-state index contributed by atoms with van der Waals surface area (Å²) >= 11 is 0. The highest BCUT2D eigenvalue weighted by Gasteiger charge is 2.02. The van der Waals surface area contributed by atoms with E-state index >= 15 is 0 Å². The lowest BCUT2D eigenvalue weighted by Crippen LogP contribution is -1.89. The molecule has 0 saturated heterocycles. The van der Waals surface area contributed by atoms with Gasteiger partial charge >= 0.3 is 0 Å². The van der Waals surface area contributed by atoms with Crippen LogP contribution in [0.1, 0.15) is 65.2 Å². The minimum absolute atomic E-state index is 0. The molecule has 0 heterocycles. The van der Waals surface area contributed by atoms with E-state index in [-0.39, 0.29) is 16.3 Å². The summed E-state index contributed by atoms with van der Waals surface area (Å²) < 4.78 is 0. The Morgan fingerprint density at radius 1 is 0.812 bits per heavy atom. The molecule has 0 aliphatic rings. The van der Waals surface area contributed by atoms with Crippen molar-refractivity contribution in [1.29, 1.82) is 0 Å². The highest BCUT2D eigenvalue weighted by atomic mass is 31.1. The second-order valence-electron chi connectivity index (χ2n) is 4.34. The van der Waals surface area contributed by atoms with Crippen molar-refractivity contribution in [1.82, 2.24) is 0 Å². The van der Waals surface area contributed by atoms with Gasteiger partial charge in [0.1, 0.15) is 0 Å². The molecule has 2 heteroatoms. The standard InChI is InChI=1S/C14H29P.B/c1-4-7-9-11-13-15(6-3)14-12-10-8-5-2;/h6H,3-5,7-14H2,1-2H3;. The zero-order valence-electron chi connectivity index (χ0n) is 11.4. The molecule has 0 N–H and O–H groups in total. The SMILES string of the molecule is C=CP(CCCCCC)CCCCCC.[B]. The van der Waals surface area contributed by atoms with Gasteiger partial charge in [0.25, 0.3) is 0 Å². The maximum absolute atomic E-state index is 3.99. The van der Waals surface area contributed by atoms with Crippen LogP contribution in [0.2, 0.25) is 0 Å². The van der Waals surface area contributed by atoms with Crippen molar-refractivity contribution in [2.75, 3.05) is 12.3 Å². The Morgan fingerprint density at radius 3 is 1.56 bits per heavy atom. The average molecular weight is 239 g/mol. The Bertz CT molecular complexity index is 125. The number of hydrogen-bond donors (Lipinski definition) is 0. The van der Waals surface area contributed by atoms with Crippen LogP contribution in [-0.4, -0.2) is 20.7 Å². The van der Waals surface area contributed by atoms with Gasteiger partial charge in [-0.1, -0.05) is 72.7 Å². The lowest BCUT2D eigenvalue weighted by molar-refractivity contribution is 0.697. The summed E-state index contributed by atoms with van der Waals surface area (Å²) in [7, 11) is 0.172. The van der Waals surface area contributed by atoms with Gasteiger partial charge in [0.05, 0.1) is 0 Å². The summed E-state index contributed by atoms with van der Waals surface area (Å²) in [6.07, 6.45) is 14.1. The molecule has 0 aromatic rings. The summed E-state index contributed by atoms with van der Waals surface area (Å²) in [5, 5.41) is 0. The second kappa shape index (κ2) is 15.2. The maximum Gasteiger partial charge on any atom is 0 e. The van der Waals surface area contributed by atoms with Gasteiger partial charge in [0, 0.05) is 8.41 Å².